The van der Waals surface area contributed by atoms with Gasteiger partial charge in [0.1, 0.15) is 5.75 Å². The minimum atomic E-state index is 0.717. The second-order valence-electron chi connectivity index (χ2n) is 8.55. The van der Waals surface area contributed by atoms with Crippen LogP contribution in [0.15, 0.2) is 36.7 Å². The summed E-state index contributed by atoms with van der Waals surface area (Å²) < 4.78 is 17.4. The van der Waals surface area contributed by atoms with Gasteiger partial charge in [0.05, 0.1) is 13.4 Å². The van der Waals surface area contributed by atoms with E-state index in [2.05, 4.69) is 24.3 Å². The zero-order chi connectivity index (χ0) is 18.2. The van der Waals surface area contributed by atoms with E-state index < -0.39 is 0 Å². The van der Waals surface area contributed by atoms with Gasteiger partial charge >= 0.3 is 0 Å². The molecule has 1 aromatic rings. The summed E-state index contributed by atoms with van der Waals surface area (Å²) in [5, 5.41) is 0. The lowest BCUT2D eigenvalue weighted by Gasteiger charge is -2.32. The number of hydrogen-bond donors (Lipinski definition) is 0. The average molecular weight is 359 g/mol. The van der Waals surface area contributed by atoms with Gasteiger partial charge in [0.2, 0.25) is 0 Å². The Bertz CT molecular complexity index is 534. The van der Waals surface area contributed by atoms with Gasteiger partial charge in [-0.1, -0.05) is 43.9 Å². The molecule has 1 nitrogen and oxygen atoms in total. The van der Waals surface area contributed by atoms with Gasteiger partial charge in [-0.3, -0.25) is 0 Å². The van der Waals surface area contributed by atoms with Gasteiger partial charge < -0.3 is 4.74 Å². The van der Waals surface area contributed by atoms with Gasteiger partial charge in [-0.05, 0) is 86.3 Å². The zero-order valence-electron chi connectivity index (χ0n) is 16.3. The van der Waals surface area contributed by atoms with Crippen molar-refractivity contribution in [2.45, 2.75) is 76.5 Å². The first-order chi connectivity index (χ1) is 12.8. The maximum absolute atomic E-state index is 12.1. The first-order valence-electron chi connectivity index (χ1n) is 10.7. The molecule has 0 bridgehead atoms. The number of halogens is 1. The smallest absolute Gasteiger partial charge is 0.118 e. The zero-order valence-corrected chi connectivity index (χ0v) is 16.3. The van der Waals surface area contributed by atoms with Crippen molar-refractivity contribution in [1.82, 2.24) is 0 Å². The molecular formula is C24H35FO. The van der Waals surface area contributed by atoms with E-state index in [0.29, 0.717) is 6.33 Å². The van der Waals surface area contributed by atoms with Crippen LogP contribution in [0.25, 0.3) is 0 Å². The van der Waals surface area contributed by atoms with Crippen molar-refractivity contribution in [1.29, 1.82) is 0 Å². The summed E-state index contributed by atoms with van der Waals surface area (Å²) in [6.45, 7) is 0. The summed E-state index contributed by atoms with van der Waals surface area (Å²) in [7, 11) is 1.73. The van der Waals surface area contributed by atoms with Gasteiger partial charge in [-0.25, -0.2) is 4.39 Å². The van der Waals surface area contributed by atoms with Crippen LogP contribution in [0.1, 0.15) is 82.1 Å². The minimum Gasteiger partial charge on any atom is -0.497 e. The summed E-state index contributed by atoms with van der Waals surface area (Å²) in [6, 6.07) is 8.70. The quantitative estimate of drug-likeness (QED) is 0.492. The molecule has 144 valence electrons. The van der Waals surface area contributed by atoms with Gasteiger partial charge in [-0.15, -0.1) is 0 Å². The third-order valence-electron chi connectivity index (χ3n) is 6.94. The van der Waals surface area contributed by atoms with Crippen LogP contribution >= 0.6 is 0 Å². The predicted molar refractivity (Wildman–Crippen MR) is 107 cm³/mol. The Morgan fingerprint density at radius 3 is 1.92 bits per heavy atom. The maximum atomic E-state index is 12.1. The van der Waals surface area contributed by atoms with E-state index in [-0.39, 0.29) is 0 Å². The summed E-state index contributed by atoms with van der Waals surface area (Å²) in [5.74, 6) is 4.31. The van der Waals surface area contributed by atoms with E-state index >= 15 is 0 Å². The molecule has 26 heavy (non-hydrogen) atoms. The van der Waals surface area contributed by atoms with Crippen molar-refractivity contribution in [3.8, 4) is 5.75 Å². The van der Waals surface area contributed by atoms with E-state index in [0.717, 1.165) is 35.8 Å². The molecule has 2 saturated carbocycles. The molecule has 2 aliphatic carbocycles. The van der Waals surface area contributed by atoms with E-state index in [4.69, 9.17) is 4.74 Å². The summed E-state index contributed by atoms with van der Waals surface area (Å²) in [6.07, 6.45) is 17.0. The summed E-state index contributed by atoms with van der Waals surface area (Å²) in [5.41, 5.74) is 1.49. The number of benzene rings is 1. The van der Waals surface area contributed by atoms with Crippen molar-refractivity contribution in [2.75, 3.05) is 7.11 Å². The molecular weight excluding hydrogens is 323 g/mol. The highest BCUT2D eigenvalue weighted by Gasteiger charge is 2.25. The van der Waals surface area contributed by atoms with Gasteiger partial charge in [-0.2, -0.15) is 0 Å². The summed E-state index contributed by atoms with van der Waals surface area (Å²) in [4.78, 5) is 0. The molecule has 0 saturated heterocycles. The molecule has 2 fully saturated rings. The van der Waals surface area contributed by atoms with Crippen LogP contribution in [0.5, 0.6) is 5.75 Å². The molecule has 0 radical (unpaired) electrons. The van der Waals surface area contributed by atoms with Crippen LogP contribution < -0.4 is 4.74 Å². The predicted octanol–water partition coefficient (Wildman–Crippen LogP) is 7.43. The Kier molecular flexibility index (Phi) is 7.58. The highest BCUT2D eigenvalue weighted by Crippen LogP contribution is 2.40. The molecule has 0 unspecified atom stereocenters. The fourth-order valence-electron chi connectivity index (χ4n) is 5.13. The Labute approximate surface area is 159 Å². The fraction of sp³-hybridized carbons (Fsp3) is 0.667. The van der Waals surface area contributed by atoms with Crippen molar-refractivity contribution in [3.63, 3.8) is 0 Å². The van der Waals surface area contributed by atoms with Crippen LogP contribution in [-0.4, -0.2) is 7.11 Å². The summed E-state index contributed by atoms with van der Waals surface area (Å²) >= 11 is 0. The van der Waals surface area contributed by atoms with E-state index in [9.17, 15) is 4.39 Å². The molecule has 0 aromatic heterocycles. The lowest BCUT2D eigenvalue weighted by molar-refractivity contribution is 0.231. The fourth-order valence-corrected chi connectivity index (χ4v) is 5.13. The molecule has 0 amide bonds. The van der Waals surface area contributed by atoms with Crippen molar-refractivity contribution >= 4 is 0 Å². The molecule has 0 aliphatic heterocycles. The lowest BCUT2D eigenvalue weighted by atomic mass is 9.74. The largest absolute Gasteiger partial charge is 0.497 e. The van der Waals surface area contributed by atoms with Crippen molar-refractivity contribution < 1.29 is 9.13 Å². The van der Waals surface area contributed by atoms with E-state index in [1.165, 1.54) is 69.8 Å². The first kappa shape index (κ1) is 19.5. The SMILES string of the molecule is COc1ccc(C2CCC(CCC3CCC(CC=CF)CC3)CC2)cc1. The Morgan fingerprint density at radius 1 is 0.846 bits per heavy atom. The Morgan fingerprint density at radius 2 is 1.38 bits per heavy atom. The van der Waals surface area contributed by atoms with Gasteiger partial charge in [0.15, 0.2) is 0 Å². The third-order valence-corrected chi connectivity index (χ3v) is 6.94. The molecule has 2 heteroatoms. The normalized spacial score (nSPS) is 29.8. The molecule has 0 N–H and O–H groups in total. The van der Waals surface area contributed by atoms with Crippen LogP contribution in [0.3, 0.4) is 0 Å². The number of allylic oxidation sites excluding steroid dienone is 1. The standard InChI is InChI=1S/C24H35FO/c1-26-24-16-14-23(15-17-24)22-12-10-21(11-13-22)9-8-20-6-4-19(5-7-20)3-2-18-25/h2,14-22H,3-13H2,1H3. The van der Waals surface area contributed by atoms with E-state index in [1.807, 2.05) is 0 Å². The highest BCUT2D eigenvalue weighted by molar-refractivity contribution is 5.29. The number of methoxy groups -OCH3 is 1. The number of rotatable bonds is 7. The van der Waals surface area contributed by atoms with Crippen LogP contribution in [-0.2, 0) is 0 Å². The van der Waals surface area contributed by atoms with Crippen molar-refractivity contribution in [2.24, 2.45) is 17.8 Å². The lowest BCUT2D eigenvalue weighted by Crippen LogP contribution is -2.17. The first-order valence-corrected chi connectivity index (χ1v) is 10.7. The maximum Gasteiger partial charge on any atom is 0.118 e. The second kappa shape index (κ2) is 10.1. The molecule has 2 aliphatic rings. The number of ether oxygens (including phenoxy) is 1. The highest BCUT2D eigenvalue weighted by atomic mass is 19.1. The minimum absolute atomic E-state index is 0.717. The average Bonchev–Trinajstić information content (AvgIpc) is 2.72. The molecule has 3 rings (SSSR count). The molecule has 0 atom stereocenters. The van der Waals surface area contributed by atoms with Crippen LogP contribution in [0.4, 0.5) is 4.39 Å². The topological polar surface area (TPSA) is 9.23 Å². The van der Waals surface area contributed by atoms with Crippen LogP contribution in [0.2, 0.25) is 0 Å². The molecule has 0 heterocycles. The monoisotopic (exact) mass is 358 g/mol. The molecule has 1 aromatic carbocycles. The number of hydrogen-bond acceptors (Lipinski definition) is 1. The Hall–Kier alpha value is -1.31. The van der Waals surface area contributed by atoms with Gasteiger partial charge in [0, 0.05) is 0 Å². The molecule has 0 spiro atoms. The van der Waals surface area contributed by atoms with E-state index in [1.54, 1.807) is 13.2 Å². The van der Waals surface area contributed by atoms with Crippen LogP contribution in [0, 0.1) is 17.8 Å². The second-order valence-corrected chi connectivity index (χ2v) is 8.55. The van der Waals surface area contributed by atoms with Crippen molar-refractivity contribution in [3.05, 3.63) is 42.2 Å². The Balaban J connectivity index is 1.34. The third kappa shape index (κ3) is 5.59. The van der Waals surface area contributed by atoms with Gasteiger partial charge in [0.25, 0.3) is 0 Å².